The summed E-state index contributed by atoms with van der Waals surface area (Å²) in [5, 5.41) is 3.37. The van der Waals surface area contributed by atoms with Gasteiger partial charge in [0, 0.05) is 12.2 Å². The van der Waals surface area contributed by atoms with E-state index in [4.69, 9.17) is 0 Å². The summed E-state index contributed by atoms with van der Waals surface area (Å²) in [6.07, 6.45) is 2.08. The number of hydrogen-bond donors (Lipinski definition) is 2. The predicted octanol–water partition coefficient (Wildman–Crippen LogP) is 2.22. The lowest BCUT2D eigenvalue weighted by Crippen LogP contribution is -2.42. The summed E-state index contributed by atoms with van der Waals surface area (Å²) in [5.41, 5.74) is 2.85. The van der Waals surface area contributed by atoms with Crippen molar-refractivity contribution in [1.29, 1.82) is 0 Å². The van der Waals surface area contributed by atoms with Crippen molar-refractivity contribution >= 4 is 15.7 Å². The zero-order chi connectivity index (χ0) is 14.1. The number of benzene rings is 1. The lowest BCUT2D eigenvalue weighted by atomic mass is 9.87. The van der Waals surface area contributed by atoms with Gasteiger partial charge in [-0.1, -0.05) is 12.1 Å². The first-order valence-electron chi connectivity index (χ1n) is 6.73. The summed E-state index contributed by atoms with van der Waals surface area (Å²) in [5.74, 6) is 0.101. The first kappa shape index (κ1) is 14.3. The van der Waals surface area contributed by atoms with Crippen molar-refractivity contribution in [1.82, 2.24) is 4.72 Å². The Labute approximate surface area is 115 Å². The normalized spacial score (nSPS) is 15.7. The van der Waals surface area contributed by atoms with E-state index < -0.39 is 15.6 Å². The molecule has 1 aliphatic rings. The molecule has 1 heterocycles. The van der Waals surface area contributed by atoms with E-state index in [1.54, 1.807) is 6.92 Å². The third-order valence-corrected chi connectivity index (χ3v) is 5.14. The molecule has 19 heavy (non-hydrogen) atoms. The van der Waals surface area contributed by atoms with Crippen LogP contribution in [0.1, 0.15) is 38.3 Å². The van der Waals surface area contributed by atoms with Gasteiger partial charge in [0.15, 0.2) is 0 Å². The second kappa shape index (κ2) is 5.13. The molecule has 0 radical (unpaired) electrons. The zero-order valence-electron chi connectivity index (χ0n) is 11.8. The Kier molecular flexibility index (Phi) is 3.87. The van der Waals surface area contributed by atoms with Crippen molar-refractivity contribution in [2.75, 3.05) is 17.6 Å². The van der Waals surface area contributed by atoms with Crippen molar-refractivity contribution in [3.63, 3.8) is 0 Å². The lowest BCUT2D eigenvalue weighted by Gasteiger charge is -2.31. The minimum absolute atomic E-state index is 0.101. The SMILES string of the molecule is CCS(=O)(=O)NC(C)(C)c1cccc2c1CCCN2. The lowest BCUT2D eigenvalue weighted by molar-refractivity contribution is 0.468. The first-order valence-corrected chi connectivity index (χ1v) is 8.39. The van der Waals surface area contributed by atoms with Gasteiger partial charge in [-0.15, -0.1) is 0 Å². The molecule has 4 nitrogen and oxygen atoms in total. The summed E-state index contributed by atoms with van der Waals surface area (Å²) in [6.45, 7) is 6.48. The highest BCUT2D eigenvalue weighted by atomic mass is 32.2. The highest BCUT2D eigenvalue weighted by Gasteiger charge is 2.29. The molecule has 1 aliphatic heterocycles. The van der Waals surface area contributed by atoms with Gasteiger partial charge < -0.3 is 5.32 Å². The molecule has 0 spiro atoms. The minimum atomic E-state index is -3.22. The molecule has 1 aromatic rings. The van der Waals surface area contributed by atoms with Crippen LogP contribution >= 0.6 is 0 Å². The quantitative estimate of drug-likeness (QED) is 0.890. The van der Waals surface area contributed by atoms with Crippen LogP contribution in [0.2, 0.25) is 0 Å². The monoisotopic (exact) mass is 282 g/mol. The molecule has 0 atom stereocenters. The number of hydrogen-bond acceptors (Lipinski definition) is 3. The summed E-state index contributed by atoms with van der Waals surface area (Å²) in [7, 11) is -3.22. The topological polar surface area (TPSA) is 58.2 Å². The summed E-state index contributed by atoms with van der Waals surface area (Å²) in [4.78, 5) is 0. The molecule has 1 aromatic carbocycles. The fourth-order valence-corrected chi connectivity index (χ4v) is 3.64. The van der Waals surface area contributed by atoms with Gasteiger partial charge in [-0.2, -0.15) is 0 Å². The summed E-state index contributed by atoms with van der Waals surface area (Å²) >= 11 is 0. The molecule has 5 heteroatoms. The van der Waals surface area contributed by atoms with E-state index in [1.165, 1.54) is 5.56 Å². The van der Waals surface area contributed by atoms with Gasteiger partial charge in [-0.25, -0.2) is 13.1 Å². The van der Waals surface area contributed by atoms with Gasteiger partial charge >= 0.3 is 0 Å². The van der Waals surface area contributed by atoms with Crippen LogP contribution in [0, 0.1) is 0 Å². The Morgan fingerprint density at radius 2 is 2.11 bits per heavy atom. The Morgan fingerprint density at radius 3 is 2.79 bits per heavy atom. The highest BCUT2D eigenvalue weighted by Crippen LogP contribution is 2.32. The fourth-order valence-electron chi connectivity index (χ4n) is 2.61. The van der Waals surface area contributed by atoms with Crippen molar-refractivity contribution < 1.29 is 8.42 Å². The van der Waals surface area contributed by atoms with Crippen LogP contribution in [0.25, 0.3) is 0 Å². The Bertz CT molecular complexity index is 565. The second-order valence-electron chi connectivity index (χ2n) is 5.49. The van der Waals surface area contributed by atoms with Crippen LogP contribution < -0.4 is 10.0 Å². The van der Waals surface area contributed by atoms with Crippen molar-refractivity contribution in [2.24, 2.45) is 0 Å². The molecule has 0 saturated carbocycles. The molecule has 2 rings (SSSR count). The maximum atomic E-state index is 11.8. The molecule has 0 amide bonds. The number of anilines is 1. The van der Waals surface area contributed by atoms with Crippen LogP contribution in [0.3, 0.4) is 0 Å². The number of nitrogens with one attached hydrogen (secondary N) is 2. The van der Waals surface area contributed by atoms with Crippen molar-refractivity contribution in [2.45, 2.75) is 39.2 Å². The maximum absolute atomic E-state index is 11.8. The van der Waals surface area contributed by atoms with E-state index in [0.29, 0.717) is 0 Å². The van der Waals surface area contributed by atoms with Gasteiger partial charge in [0.05, 0.1) is 11.3 Å². The Balaban J connectivity index is 2.40. The smallest absolute Gasteiger partial charge is 0.212 e. The number of sulfonamides is 1. The standard InChI is InChI=1S/C14H22N2O2S/c1-4-19(17,18)16-14(2,3)12-8-5-9-13-11(12)7-6-10-15-13/h5,8-9,15-16H,4,6-7,10H2,1-3H3. The van der Waals surface area contributed by atoms with Crippen LogP contribution in [-0.2, 0) is 22.0 Å². The van der Waals surface area contributed by atoms with E-state index >= 15 is 0 Å². The molecule has 0 bridgehead atoms. The van der Waals surface area contributed by atoms with Crippen LogP contribution in [0.15, 0.2) is 18.2 Å². The second-order valence-corrected chi connectivity index (χ2v) is 7.50. The van der Waals surface area contributed by atoms with Crippen LogP contribution in [0.5, 0.6) is 0 Å². The number of rotatable bonds is 4. The summed E-state index contributed by atoms with van der Waals surface area (Å²) < 4.78 is 26.5. The van der Waals surface area contributed by atoms with E-state index in [0.717, 1.165) is 30.6 Å². The molecular formula is C14H22N2O2S. The number of fused-ring (bicyclic) bond motifs is 1. The minimum Gasteiger partial charge on any atom is -0.385 e. The third kappa shape index (κ3) is 3.09. The molecule has 0 unspecified atom stereocenters. The molecule has 106 valence electrons. The van der Waals surface area contributed by atoms with Gasteiger partial charge in [-0.05, 0) is 50.8 Å². The average Bonchev–Trinajstić information content (AvgIpc) is 2.37. The average molecular weight is 282 g/mol. The molecule has 2 N–H and O–H groups in total. The van der Waals surface area contributed by atoms with Gasteiger partial charge in [0.2, 0.25) is 10.0 Å². The van der Waals surface area contributed by atoms with E-state index in [9.17, 15) is 8.42 Å². The highest BCUT2D eigenvalue weighted by molar-refractivity contribution is 7.89. The van der Waals surface area contributed by atoms with Crippen molar-refractivity contribution in [3.05, 3.63) is 29.3 Å². The predicted molar refractivity (Wildman–Crippen MR) is 78.9 cm³/mol. The largest absolute Gasteiger partial charge is 0.385 e. The molecular weight excluding hydrogens is 260 g/mol. The van der Waals surface area contributed by atoms with E-state index in [1.807, 2.05) is 26.0 Å². The Hall–Kier alpha value is -1.07. The summed E-state index contributed by atoms with van der Waals surface area (Å²) in [6, 6.07) is 6.06. The Morgan fingerprint density at radius 1 is 1.37 bits per heavy atom. The molecule has 0 aromatic heterocycles. The van der Waals surface area contributed by atoms with Crippen molar-refractivity contribution in [3.8, 4) is 0 Å². The van der Waals surface area contributed by atoms with Gasteiger partial charge in [-0.3, -0.25) is 0 Å². The third-order valence-electron chi connectivity index (χ3n) is 3.56. The van der Waals surface area contributed by atoms with E-state index in [2.05, 4.69) is 16.1 Å². The fraction of sp³-hybridized carbons (Fsp3) is 0.571. The van der Waals surface area contributed by atoms with Gasteiger partial charge in [0.25, 0.3) is 0 Å². The molecule has 0 fully saturated rings. The zero-order valence-corrected chi connectivity index (χ0v) is 12.6. The van der Waals surface area contributed by atoms with Gasteiger partial charge in [0.1, 0.15) is 0 Å². The van der Waals surface area contributed by atoms with E-state index in [-0.39, 0.29) is 5.75 Å². The van der Waals surface area contributed by atoms with Crippen LogP contribution in [-0.4, -0.2) is 20.7 Å². The first-order chi connectivity index (χ1) is 8.86. The van der Waals surface area contributed by atoms with Crippen LogP contribution in [0.4, 0.5) is 5.69 Å². The molecule has 0 saturated heterocycles. The maximum Gasteiger partial charge on any atom is 0.212 e. The molecule has 0 aliphatic carbocycles.